The summed E-state index contributed by atoms with van der Waals surface area (Å²) in [4.78, 5) is 14.0. The summed E-state index contributed by atoms with van der Waals surface area (Å²) in [5, 5.41) is 0. The summed E-state index contributed by atoms with van der Waals surface area (Å²) in [6.07, 6.45) is 0. The zero-order chi connectivity index (χ0) is 17.1. The molecule has 116 valence electrons. The van der Waals surface area contributed by atoms with E-state index in [4.69, 9.17) is 7.85 Å². The van der Waals surface area contributed by atoms with Crippen molar-refractivity contribution in [1.29, 1.82) is 0 Å². The van der Waals surface area contributed by atoms with Crippen molar-refractivity contribution in [3.05, 3.63) is 84.9 Å². The molecule has 1 aromatic heterocycles. The van der Waals surface area contributed by atoms with Gasteiger partial charge in [0.15, 0.2) is 17.5 Å². The molecule has 4 heteroatoms. The van der Waals surface area contributed by atoms with Crippen molar-refractivity contribution in [3.63, 3.8) is 0 Å². The first-order valence-electron chi connectivity index (χ1n) is 8.02. The molecular formula is C21H14BN3. The van der Waals surface area contributed by atoms with E-state index in [2.05, 4.69) is 15.0 Å². The van der Waals surface area contributed by atoms with Crippen LogP contribution in [0.3, 0.4) is 0 Å². The minimum atomic E-state index is 0.632. The third-order valence-corrected chi connectivity index (χ3v) is 3.87. The molecule has 0 fully saturated rings. The summed E-state index contributed by atoms with van der Waals surface area (Å²) in [6.45, 7) is 0. The zero-order valence-corrected chi connectivity index (χ0v) is 13.5. The van der Waals surface area contributed by atoms with E-state index >= 15 is 0 Å². The Balaban J connectivity index is 1.90. The zero-order valence-electron chi connectivity index (χ0n) is 13.5. The Labute approximate surface area is 147 Å². The number of benzene rings is 3. The first-order chi connectivity index (χ1) is 12.3. The summed E-state index contributed by atoms with van der Waals surface area (Å²) in [7, 11) is 5.79. The molecule has 0 unspecified atom stereocenters. The van der Waals surface area contributed by atoms with Crippen molar-refractivity contribution in [2.45, 2.75) is 0 Å². The van der Waals surface area contributed by atoms with Crippen LogP contribution < -0.4 is 5.46 Å². The van der Waals surface area contributed by atoms with Gasteiger partial charge in [0, 0.05) is 16.7 Å². The van der Waals surface area contributed by atoms with E-state index in [-0.39, 0.29) is 0 Å². The highest BCUT2D eigenvalue weighted by molar-refractivity contribution is 6.32. The minimum Gasteiger partial charge on any atom is -0.208 e. The molecule has 0 aliphatic heterocycles. The third-order valence-electron chi connectivity index (χ3n) is 3.87. The van der Waals surface area contributed by atoms with Crippen molar-refractivity contribution in [2.75, 3.05) is 0 Å². The number of nitrogens with zero attached hydrogens (tertiary/aromatic N) is 3. The molecule has 0 saturated heterocycles. The van der Waals surface area contributed by atoms with E-state index in [9.17, 15) is 0 Å². The van der Waals surface area contributed by atoms with Crippen molar-refractivity contribution in [3.8, 4) is 34.2 Å². The number of hydrogen-bond acceptors (Lipinski definition) is 3. The molecule has 0 N–H and O–H groups in total. The topological polar surface area (TPSA) is 38.7 Å². The fourth-order valence-corrected chi connectivity index (χ4v) is 2.57. The van der Waals surface area contributed by atoms with Gasteiger partial charge in [-0.15, -0.1) is 0 Å². The SMILES string of the molecule is [B]c1ccc(-c2nc(-c3ccccc3)nc(-c3ccccc3)n2)cc1. The molecule has 0 amide bonds. The molecule has 25 heavy (non-hydrogen) atoms. The van der Waals surface area contributed by atoms with Gasteiger partial charge in [-0.1, -0.05) is 90.4 Å². The predicted molar refractivity (Wildman–Crippen MR) is 102 cm³/mol. The molecule has 0 aliphatic rings. The standard InChI is InChI=1S/C21H14BN3/c22-18-13-11-17(12-14-18)21-24-19(15-7-3-1-4-8-15)23-20(25-21)16-9-5-2-6-10-16/h1-14H. The Morgan fingerprint density at radius 3 is 1.20 bits per heavy atom. The Bertz CT molecular complexity index is 927. The van der Waals surface area contributed by atoms with Gasteiger partial charge in [-0.2, -0.15) is 0 Å². The van der Waals surface area contributed by atoms with Gasteiger partial charge in [-0.25, -0.2) is 15.0 Å². The van der Waals surface area contributed by atoms with Gasteiger partial charge in [0.1, 0.15) is 7.85 Å². The van der Waals surface area contributed by atoms with Gasteiger partial charge in [0.25, 0.3) is 0 Å². The van der Waals surface area contributed by atoms with Crippen LogP contribution in [0.2, 0.25) is 0 Å². The van der Waals surface area contributed by atoms with Crippen LogP contribution in [-0.4, -0.2) is 22.8 Å². The van der Waals surface area contributed by atoms with E-state index in [1.807, 2.05) is 84.9 Å². The van der Waals surface area contributed by atoms with E-state index in [0.29, 0.717) is 22.9 Å². The smallest absolute Gasteiger partial charge is 0.164 e. The second kappa shape index (κ2) is 6.69. The highest BCUT2D eigenvalue weighted by atomic mass is 15.0. The lowest BCUT2D eigenvalue weighted by atomic mass is 9.95. The van der Waals surface area contributed by atoms with E-state index in [1.54, 1.807) is 0 Å². The lowest BCUT2D eigenvalue weighted by molar-refractivity contribution is 1.07. The summed E-state index contributed by atoms with van der Waals surface area (Å²) < 4.78 is 0. The largest absolute Gasteiger partial charge is 0.208 e. The van der Waals surface area contributed by atoms with Crippen LogP contribution in [0.15, 0.2) is 84.9 Å². The lowest BCUT2D eigenvalue weighted by Gasteiger charge is -2.08. The first-order valence-corrected chi connectivity index (χ1v) is 8.02. The maximum atomic E-state index is 5.79. The first kappa shape index (κ1) is 15.3. The molecule has 2 radical (unpaired) electrons. The molecule has 1 heterocycles. The van der Waals surface area contributed by atoms with Gasteiger partial charge in [0.05, 0.1) is 0 Å². The van der Waals surface area contributed by atoms with Crippen LogP contribution in [0.5, 0.6) is 0 Å². The molecule has 0 aliphatic carbocycles. The number of hydrogen-bond donors (Lipinski definition) is 0. The summed E-state index contributed by atoms with van der Waals surface area (Å²) in [6, 6.07) is 27.4. The summed E-state index contributed by atoms with van der Waals surface area (Å²) in [5.74, 6) is 1.94. The fourth-order valence-electron chi connectivity index (χ4n) is 2.57. The van der Waals surface area contributed by atoms with Gasteiger partial charge in [-0.05, 0) is 0 Å². The molecule has 3 aromatic carbocycles. The fraction of sp³-hybridized carbons (Fsp3) is 0. The molecule has 0 spiro atoms. The maximum absolute atomic E-state index is 5.79. The van der Waals surface area contributed by atoms with Crippen molar-refractivity contribution in [1.82, 2.24) is 15.0 Å². The molecule has 4 aromatic rings. The maximum Gasteiger partial charge on any atom is 0.164 e. The second-order valence-electron chi connectivity index (χ2n) is 5.66. The third kappa shape index (κ3) is 3.33. The Hall–Kier alpha value is -3.27. The van der Waals surface area contributed by atoms with Gasteiger partial charge < -0.3 is 0 Å². The minimum absolute atomic E-state index is 0.632. The highest BCUT2D eigenvalue weighted by Gasteiger charge is 2.11. The van der Waals surface area contributed by atoms with Crippen LogP contribution in [-0.2, 0) is 0 Å². The van der Waals surface area contributed by atoms with Gasteiger partial charge >= 0.3 is 0 Å². The van der Waals surface area contributed by atoms with E-state index < -0.39 is 0 Å². The summed E-state index contributed by atoms with van der Waals surface area (Å²) in [5.41, 5.74) is 3.54. The van der Waals surface area contributed by atoms with Crippen LogP contribution in [0.1, 0.15) is 0 Å². The molecule has 0 bridgehead atoms. The van der Waals surface area contributed by atoms with Gasteiger partial charge in [-0.3, -0.25) is 0 Å². The predicted octanol–water partition coefficient (Wildman–Crippen LogP) is 3.67. The molecule has 0 atom stereocenters. The normalized spacial score (nSPS) is 10.6. The number of rotatable bonds is 3. The van der Waals surface area contributed by atoms with Crippen molar-refractivity contribution >= 4 is 13.3 Å². The average molecular weight is 319 g/mol. The second-order valence-corrected chi connectivity index (χ2v) is 5.66. The Morgan fingerprint density at radius 1 is 0.440 bits per heavy atom. The number of aromatic nitrogens is 3. The van der Waals surface area contributed by atoms with Crippen LogP contribution in [0.25, 0.3) is 34.2 Å². The average Bonchev–Trinajstić information content (AvgIpc) is 2.69. The Morgan fingerprint density at radius 2 is 0.800 bits per heavy atom. The van der Waals surface area contributed by atoms with Crippen molar-refractivity contribution < 1.29 is 0 Å². The van der Waals surface area contributed by atoms with Gasteiger partial charge in [0.2, 0.25) is 0 Å². The molecule has 4 rings (SSSR count). The molecule has 0 saturated carbocycles. The van der Waals surface area contributed by atoms with Crippen molar-refractivity contribution in [2.24, 2.45) is 0 Å². The summed E-state index contributed by atoms with van der Waals surface area (Å²) >= 11 is 0. The molecular weight excluding hydrogens is 305 g/mol. The lowest BCUT2D eigenvalue weighted by Crippen LogP contribution is -2.02. The Kier molecular flexibility index (Phi) is 4.09. The van der Waals surface area contributed by atoms with E-state index in [1.165, 1.54) is 0 Å². The van der Waals surface area contributed by atoms with Crippen LogP contribution in [0.4, 0.5) is 0 Å². The van der Waals surface area contributed by atoms with Crippen LogP contribution >= 0.6 is 0 Å². The van der Waals surface area contributed by atoms with Crippen LogP contribution in [0, 0.1) is 0 Å². The monoisotopic (exact) mass is 319 g/mol. The highest BCUT2D eigenvalue weighted by Crippen LogP contribution is 2.23. The quantitative estimate of drug-likeness (QED) is 0.541. The van der Waals surface area contributed by atoms with E-state index in [0.717, 1.165) is 16.7 Å². The molecule has 3 nitrogen and oxygen atoms in total.